The summed E-state index contributed by atoms with van der Waals surface area (Å²) in [6, 6.07) is 26.0. The Morgan fingerprint density at radius 3 is 2.44 bits per heavy atom. The number of benzene rings is 3. The lowest BCUT2D eigenvalue weighted by Gasteiger charge is -2.28. The Hall–Kier alpha value is -3.99. The fraction of sp³-hybridized carbons (Fsp3) is 0.194. The Balaban J connectivity index is 1.43. The Bertz CT molecular complexity index is 1830. The Kier molecular flexibility index (Phi) is 7.86. The number of halogens is 1. The fourth-order valence-corrected chi connectivity index (χ4v) is 6.07. The lowest BCUT2D eigenvalue weighted by Crippen LogP contribution is -2.36. The average Bonchev–Trinajstić information content (AvgIpc) is 3.50. The topological polar surface area (TPSA) is 69.1 Å². The van der Waals surface area contributed by atoms with Crippen molar-refractivity contribution in [2.24, 2.45) is 17.1 Å². The normalized spacial score (nSPS) is 14.3. The van der Waals surface area contributed by atoms with Crippen molar-refractivity contribution >= 4 is 44.9 Å². The van der Waals surface area contributed by atoms with Gasteiger partial charge in [0.05, 0.1) is 36.5 Å². The van der Waals surface area contributed by atoms with E-state index in [1.165, 1.54) is 17.0 Å². The lowest BCUT2D eigenvalue weighted by atomic mass is 10.2. The monoisotopic (exact) mass is 628 g/mol. The molecule has 8 nitrogen and oxygen atoms in total. The molecule has 0 amide bonds. The molecule has 1 fully saturated rings. The number of morpholine rings is 1. The zero-order chi connectivity index (χ0) is 28.3. The third-order valence-corrected chi connectivity index (χ3v) is 8.44. The van der Waals surface area contributed by atoms with E-state index in [-0.39, 0.29) is 5.56 Å². The van der Waals surface area contributed by atoms with E-state index in [2.05, 4.69) is 45.1 Å². The van der Waals surface area contributed by atoms with Crippen molar-refractivity contribution in [3.05, 3.63) is 115 Å². The van der Waals surface area contributed by atoms with Crippen LogP contribution in [0.2, 0.25) is 0 Å². The van der Waals surface area contributed by atoms with Crippen molar-refractivity contribution in [1.82, 2.24) is 14.0 Å². The van der Waals surface area contributed by atoms with Crippen LogP contribution in [0.15, 0.2) is 104 Å². The third-order valence-electron chi connectivity index (χ3n) is 7.13. The predicted molar refractivity (Wildman–Crippen MR) is 169 cm³/mol. The maximum Gasteiger partial charge on any atom is 0.297 e. The molecule has 3 heterocycles. The van der Waals surface area contributed by atoms with Gasteiger partial charge in [-0.1, -0.05) is 58.4 Å². The number of rotatable bonds is 6. The first-order chi connectivity index (χ1) is 20.0. The summed E-state index contributed by atoms with van der Waals surface area (Å²) in [5.41, 5.74) is 5.78. The van der Waals surface area contributed by atoms with Crippen LogP contribution in [0.25, 0.3) is 16.9 Å². The molecular formula is C31H29BrN6O2S. The standard InChI is InChI=1S/C31H29BrN6O2S/c1-22-29(30(39)38(35(22)2)27-9-4-3-5-10-27)34-31-37(28(21-41-31)24-7-6-8-25(32)19-24)33-20-23-11-13-26(14-12-23)36-15-17-40-18-16-36/h3-14,19-21H,15-18H2,1-2H3. The number of aromatic nitrogens is 3. The summed E-state index contributed by atoms with van der Waals surface area (Å²) in [5, 5.41) is 6.89. The Morgan fingerprint density at radius 2 is 1.71 bits per heavy atom. The number of thiazole rings is 1. The van der Waals surface area contributed by atoms with Gasteiger partial charge in [-0.2, -0.15) is 5.10 Å². The van der Waals surface area contributed by atoms with Crippen LogP contribution in [0.3, 0.4) is 0 Å². The Morgan fingerprint density at radius 1 is 0.951 bits per heavy atom. The molecule has 10 heteroatoms. The van der Waals surface area contributed by atoms with Crippen LogP contribution in [0.1, 0.15) is 11.3 Å². The maximum atomic E-state index is 13.6. The molecular weight excluding hydrogens is 600 g/mol. The van der Waals surface area contributed by atoms with Gasteiger partial charge < -0.3 is 9.64 Å². The van der Waals surface area contributed by atoms with Gasteiger partial charge in [0.25, 0.3) is 5.56 Å². The van der Waals surface area contributed by atoms with Gasteiger partial charge in [0.2, 0.25) is 4.80 Å². The third kappa shape index (κ3) is 5.63. The highest BCUT2D eigenvalue weighted by Crippen LogP contribution is 2.25. The van der Waals surface area contributed by atoms with Gasteiger partial charge in [-0.3, -0.25) is 9.48 Å². The first kappa shape index (κ1) is 27.2. The molecule has 0 atom stereocenters. The first-order valence-corrected chi connectivity index (χ1v) is 15.0. The molecule has 0 bridgehead atoms. The highest BCUT2D eigenvalue weighted by atomic mass is 79.9. The van der Waals surface area contributed by atoms with Gasteiger partial charge in [-0.05, 0) is 48.9 Å². The molecule has 41 heavy (non-hydrogen) atoms. The molecule has 0 radical (unpaired) electrons. The van der Waals surface area contributed by atoms with Crippen molar-refractivity contribution in [2.45, 2.75) is 6.92 Å². The second-order valence-electron chi connectivity index (χ2n) is 9.68. The lowest BCUT2D eigenvalue weighted by molar-refractivity contribution is 0.122. The van der Waals surface area contributed by atoms with Gasteiger partial charge >= 0.3 is 0 Å². The number of nitrogens with zero attached hydrogens (tertiary/aromatic N) is 6. The minimum absolute atomic E-state index is 0.178. The largest absolute Gasteiger partial charge is 0.378 e. The number of hydrogen-bond acceptors (Lipinski definition) is 6. The highest BCUT2D eigenvalue weighted by Gasteiger charge is 2.17. The average molecular weight is 630 g/mol. The second kappa shape index (κ2) is 11.9. The van der Waals surface area contributed by atoms with Crippen molar-refractivity contribution in [1.29, 1.82) is 0 Å². The van der Waals surface area contributed by atoms with Gasteiger partial charge in [0, 0.05) is 41.2 Å². The van der Waals surface area contributed by atoms with Gasteiger partial charge in [0.15, 0.2) is 5.69 Å². The molecule has 1 saturated heterocycles. The predicted octanol–water partition coefficient (Wildman–Crippen LogP) is 5.73. The molecule has 0 unspecified atom stereocenters. The van der Waals surface area contributed by atoms with Crippen LogP contribution >= 0.6 is 27.3 Å². The number of hydrogen-bond donors (Lipinski definition) is 0. The maximum absolute atomic E-state index is 13.6. The van der Waals surface area contributed by atoms with Crippen molar-refractivity contribution in [2.75, 3.05) is 31.2 Å². The molecule has 0 spiro atoms. The minimum Gasteiger partial charge on any atom is -0.378 e. The van der Waals surface area contributed by atoms with Crippen LogP contribution in [0.4, 0.5) is 11.4 Å². The summed E-state index contributed by atoms with van der Waals surface area (Å²) < 4.78 is 11.7. The van der Waals surface area contributed by atoms with Crippen LogP contribution in [0.5, 0.6) is 0 Å². The van der Waals surface area contributed by atoms with Crippen LogP contribution in [0, 0.1) is 6.92 Å². The number of para-hydroxylation sites is 1. The first-order valence-electron chi connectivity index (χ1n) is 13.3. The molecule has 5 aromatic rings. The molecule has 6 rings (SSSR count). The summed E-state index contributed by atoms with van der Waals surface area (Å²) in [6.45, 7) is 5.19. The van der Waals surface area contributed by atoms with E-state index in [0.717, 1.165) is 59.0 Å². The molecule has 208 valence electrons. The molecule has 3 aromatic carbocycles. The second-order valence-corrected chi connectivity index (χ2v) is 11.4. The van der Waals surface area contributed by atoms with E-state index in [9.17, 15) is 4.79 Å². The van der Waals surface area contributed by atoms with E-state index in [0.29, 0.717) is 10.5 Å². The highest BCUT2D eigenvalue weighted by molar-refractivity contribution is 9.10. The zero-order valence-electron chi connectivity index (χ0n) is 22.8. The van der Waals surface area contributed by atoms with E-state index >= 15 is 0 Å². The summed E-state index contributed by atoms with van der Waals surface area (Å²) in [7, 11) is 1.87. The Labute approximate surface area is 250 Å². The number of ether oxygens (including phenoxy) is 1. The van der Waals surface area contributed by atoms with Crippen molar-refractivity contribution in [3.8, 4) is 16.9 Å². The fourth-order valence-electron chi connectivity index (χ4n) is 4.83. The molecule has 0 aliphatic carbocycles. The van der Waals surface area contributed by atoms with E-state index < -0.39 is 0 Å². The SMILES string of the molecule is Cc1c(N=c2scc(-c3cccc(Br)c3)n2N=Cc2ccc(N3CCOCC3)cc2)c(=O)n(-c2ccccc2)n1C. The van der Waals surface area contributed by atoms with Gasteiger partial charge in [-0.15, -0.1) is 11.3 Å². The quantitative estimate of drug-likeness (QED) is 0.226. The van der Waals surface area contributed by atoms with Crippen molar-refractivity contribution in [3.63, 3.8) is 0 Å². The summed E-state index contributed by atoms with van der Waals surface area (Å²) >= 11 is 5.03. The van der Waals surface area contributed by atoms with Crippen LogP contribution in [-0.2, 0) is 11.8 Å². The molecule has 2 aromatic heterocycles. The van der Waals surface area contributed by atoms with E-state index in [1.54, 1.807) is 9.36 Å². The van der Waals surface area contributed by atoms with Crippen LogP contribution in [-0.4, -0.2) is 46.6 Å². The molecule has 0 N–H and O–H groups in total. The smallest absolute Gasteiger partial charge is 0.297 e. The van der Waals surface area contributed by atoms with Gasteiger partial charge in [0.1, 0.15) is 0 Å². The molecule has 1 aliphatic heterocycles. The number of anilines is 1. The van der Waals surface area contributed by atoms with Crippen LogP contribution < -0.4 is 15.3 Å². The summed E-state index contributed by atoms with van der Waals surface area (Å²) in [6.07, 6.45) is 1.83. The van der Waals surface area contributed by atoms with E-state index in [4.69, 9.17) is 14.8 Å². The zero-order valence-corrected chi connectivity index (χ0v) is 25.2. The summed E-state index contributed by atoms with van der Waals surface area (Å²) in [4.78, 5) is 21.4. The molecule has 1 aliphatic rings. The van der Waals surface area contributed by atoms with Crippen molar-refractivity contribution < 1.29 is 4.74 Å². The summed E-state index contributed by atoms with van der Waals surface area (Å²) in [5.74, 6) is 0. The minimum atomic E-state index is -0.178. The molecule has 0 saturated carbocycles. The van der Waals surface area contributed by atoms with E-state index in [1.807, 2.05) is 84.8 Å². The van der Waals surface area contributed by atoms with Gasteiger partial charge in [-0.25, -0.2) is 14.4 Å².